The van der Waals surface area contributed by atoms with Crippen molar-refractivity contribution < 1.29 is 19.0 Å². The van der Waals surface area contributed by atoms with Crippen LogP contribution < -0.4 is 4.74 Å². The van der Waals surface area contributed by atoms with Gasteiger partial charge in [-0.1, -0.05) is 23.7 Å². The molecule has 0 radical (unpaired) electrons. The number of carboxylic acids is 1. The Balaban J connectivity index is 2.19. The van der Waals surface area contributed by atoms with E-state index in [0.29, 0.717) is 5.02 Å². The van der Waals surface area contributed by atoms with Crippen molar-refractivity contribution >= 4 is 17.6 Å². The molecule has 0 unspecified atom stereocenters. The molecule has 0 fully saturated rings. The molecule has 1 N–H and O–H groups in total. The minimum atomic E-state index is -1.17. The minimum absolute atomic E-state index is 0.00697. The van der Waals surface area contributed by atoms with Gasteiger partial charge in [-0.25, -0.2) is 9.18 Å². The molecule has 0 heterocycles. The first-order valence-corrected chi connectivity index (χ1v) is 5.84. The lowest BCUT2D eigenvalue weighted by Gasteiger charge is -2.09. The molecule has 0 saturated carbocycles. The molecule has 2 rings (SSSR count). The molecular formula is C14H10ClFO3. The smallest absolute Gasteiger partial charge is 0.339 e. The fraction of sp³-hybridized carbons (Fsp3) is 0.0714. The van der Waals surface area contributed by atoms with Crippen molar-refractivity contribution in [3.63, 3.8) is 0 Å². The van der Waals surface area contributed by atoms with Crippen LogP contribution in [0, 0.1) is 5.82 Å². The van der Waals surface area contributed by atoms with E-state index < -0.39 is 11.8 Å². The number of benzene rings is 2. The second-order valence-corrected chi connectivity index (χ2v) is 4.30. The Morgan fingerprint density at radius 1 is 1.26 bits per heavy atom. The molecule has 0 saturated heterocycles. The van der Waals surface area contributed by atoms with Crippen LogP contribution in [0.4, 0.5) is 4.39 Å². The molecule has 0 aromatic heterocycles. The molecule has 3 nitrogen and oxygen atoms in total. The number of halogens is 2. The molecule has 98 valence electrons. The minimum Gasteiger partial charge on any atom is -0.488 e. The molecule has 0 aliphatic rings. The summed E-state index contributed by atoms with van der Waals surface area (Å²) in [6, 6.07) is 10.3. The van der Waals surface area contributed by atoms with Gasteiger partial charge in [0, 0.05) is 11.1 Å². The van der Waals surface area contributed by atoms with E-state index >= 15 is 0 Å². The van der Waals surface area contributed by atoms with Crippen molar-refractivity contribution in [2.45, 2.75) is 6.61 Å². The normalized spacial score (nSPS) is 10.2. The highest BCUT2D eigenvalue weighted by molar-refractivity contribution is 6.30. The third kappa shape index (κ3) is 3.45. The van der Waals surface area contributed by atoms with Crippen LogP contribution in [-0.2, 0) is 6.61 Å². The van der Waals surface area contributed by atoms with Gasteiger partial charge in [0.25, 0.3) is 0 Å². The monoisotopic (exact) mass is 280 g/mol. The average Bonchev–Trinajstić information content (AvgIpc) is 2.36. The molecule has 0 amide bonds. The van der Waals surface area contributed by atoms with Gasteiger partial charge >= 0.3 is 5.97 Å². The van der Waals surface area contributed by atoms with Gasteiger partial charge < -0.3 is 9.84 Å². The van der Waals surface area contributed by atoms with E-state index in [1.165, 1.54) is 6.07 Å². The number of carboxylic acid groups (broad SMARTS) is 1. The maximum absolute atomic E-state index is 13.1. The van der Waals surface area contributed by atoms with E-state index in [4.69, 9.17) is 21.4 Å². The molecule has 5 heteroatoms. The van der Waals surface area contributed by atoms with Crippen molar-refractivity contribution in [1.29, 1.82) is 0 Å². The SMILES string of the molecule is O=C(O)c1ccc(F)cc1OCc1cccc(Cl)c1. The van der Waals surface area contributed by atoms with Gasteiger partial charge in [-0.05, 0) is 29.8 Å². The highest BCUT2D eigenvalue weighted by Gasteiger charge is 2.12. The van der Waals surface area contributed by atoms with Crippen molar-refractivity contribution in [3.8, 4) is 5.75 Å². The number of aromatic carboxylic acids is 1. The van der Waals surface area contributed by atoms with Gasteiger partial charge in [0.2, 0.25) is 0 Å². The lowest BCUT2D eigenvalue weighted by molar-refractivity contribution is 0.0691. The van der Waals surface area contributed by atoms with E-state index in [-0.39, 0.29) is 17.9 Å². The van der Waals surface area contributed by atoms with Crippen molar-refractivity contribution in [2.24, 2.45) is 0 Å². The van der Waals surface area contributed by atoms with Gasteiger partial charge in [-0.3, -0.25) is 0 Å². The Labute approximate surface area is 114 Å². The van der Waals surface area contributed by atoms with Crippen LogP contribution >= 0.6 is 11.6 Å². The number of hydrogen-bond donors (Lipinski definition) is 1. The number of ether oxygens (including phenoxy) is 1. The highest BCUT2D eigenvalue weighted by Crippen LogP contribution is 2.21. The van der Waals surface area contributed by atoms with Crippen molar-refractivity contribution in [1.82, 2.24) is 0 Å². The van der Waals surface area contributed by atoms with Crippen LogP contribution in [0.25, 0.3) is 0 Å². The molecule has 0 spiro atoms. The lowest BCUT2D eigenvalue weighted by atomic mass is 10.2. The van der Waals surface area contributed by atoms with Gasteiger partial charge in [0.05, 0.1) is 0 Å². The Hall–Kier alpha value is -2.07. The zero-order valence-corrected chi connectivity index (χ0v) is 10.5. The van der Waals surface area contributed by atoms with Crippen LogP contribution in [0.5, 0.6) is 5.75 Å². The lowest BCUT2D eigenvalue weighted by Crippen LogP contribution is -2.04. The predicted molar refractivity (Wildman–Crippen MR) is 69.1 cm³/mol. The standard InChI is InChI=1S/C14H10ClFO3/c15-10-3-1-2-9(6-10)8-19-13-7-11(16)4-5-12(13)14(17)18/h1-7H,8H2,(H,17,18). The van der Waals surface area contributed by atoms with E-state index in [1.807, 2.05) is 0 Å². The summed E-state index contributed by atoms with van der Waals surface area (Å²) in [5.41, 5.74) is 0.691. The van der Waals surface area contributed by atoms with Crippen LogP contribution in [0.1, 0.15) is 15.9 Å². The number of carbonyl (C=O) groups is 1. The Kier molecular flexibility index (Phi) is 4.02. The first-order valence-electron chi connectivity index (χ1n) is 5.46. The first-order chi connectivity index (χ1) is 9.06. The average molecular weight is 281 g/mol. The fourth-order valence-corrected chi connectivity index (χ4v) is 1.79. The van der Waals surface area contributed by atoms with E-state index in [0.717, 1.165) is 17.7 Å². The summed E-state index contributed by atoms with van der Waals surface area (Å²) >= 11 is 5.82. The van der Waals surface area contributed by atoms with E-state index in [9.17, 15) is 9.18 Å². The van der Waals surface area contributed by atoms with Crippen LogP contribution in [0.3, 0.4) is 0 Å². The Morgan fingerprint density at radius 2 is 2.05 bits per heavy atom. The van der Waals surface area contributed by atoms with Gasteiger partial charge in [0.1, 0.15) is 23.7 Å². The fourth-order valence-electron chi connectivity index (χ4n) is 1.58. The first kappa shape index (κ1) is 13.4. The van der Waals surface area contributed by atoms with E-state index in [1.54, 1.807) is 24.3 Å². The number of hydrogen-bond acceptors (Lipinski definition) is 2. The summed E-state index contributed by atoms with van der Waals surface area (Å²) in [4.78, 5) is 11.0. The number of rotatable bonds is 4. The van der Waals surface area contributed by atoms with Crippen molar-refractivity contribution in [2.75, 3.05) is 0 Å². The van der Waals surface area contributed by atoms with E-state index in [2.05, 4.69) is 0 Å². The molecule has 0 aliphatic carbocycles. The molecule has 2 aromatic carbocycles. The molecule has 0 bridgehead atoms. The Morgan fingerprint density at radius 3 is 2.74 bits per heavy atom. The zero-order valence-electron chi connectivity index (χ0n) is 9.77. The second-order valence-electron chi connectivity index (χ2n) is 3.86. The molecule has 0 atom stereocenters. The largest absolute Gasteiger partial charge is 0.488 e. The summed E-state index contributed by atoms with van der Waals surface area (Å²) < 4.78 is 18.4. The molecular weight excluding hydrogens is 271 g/mol. The summed E-state index contributed by atoms with van der Waals surface area (Å²) in [6.07, 6.45) is 0. The van der Waals surface area contributed by atoms with Gasteiger partial charge in [-0.15, -0.1) is 0 Å². The summed E-state index contributed by atoms with van der Waals surface area (Å²) in [5.74, 6) is -1.72. The molecule has 2 aromatic rings. The van der Waals surface area contributed by atoms with Gasteiger partial charge in [0.15, 0.2) is 0 Å². The second kappa shape index (κ2) is 5.71. The maximum Gasteiger partial charge on any atom is 0.339 e. The third-order valence-electron chi connectivity index (χ3n) is 2.46. The predicted octanol–water partition coefficient (Wildman–Crippen LogP) is 3.76. The maximum atomic E-state index is 13.1. The summed E-state index contributed by atoms with van der Waals surface area (Å²) in [5, 5.41) is 9.53. The topological polar surface area (TPSA) is 46.5 Å². The van der Waals surface area contributed by atoms with Crippen molar-refractivity contribution in [3.05, 3.63) is 64.4 Å². The summed E-state index contributed by atoms with van der Waals surface area (Å²) in [6.45, 7) is 0.115. The van der Waals surface area contributed by atoms with Crippen LogP contribution in [0.2, 0.25) is 5.02 Å². The highest BCUT2D eigenvalue weighted by atomic mass is 35.5. The van der Waals surface area contributed by atoms with Gasteiger partial charge in [-0.2, -0.15) is 0 Å². The zero-order chi connectivity index (χ0) is 13.8. The summed E-state index contributed by atoms with van der Waals surface area (Å²) in [7, 11) is 0. The molecule has 0 aliphatic heterocycles. The van der Waals surface area contributed by atoms with Crippen LogP contribution in [-0.4, -0.2) is 11.1 Å². The Bertz CT molecular complexity index is 613. The quantitative estimate of drug-likeness (QED) is 0.927. The van der Waals surface area contributed by atoms with Crippen LogP contribution in [0.15, 0.2) is 42.5 Å². The molecule has 19 heavy (non-hydrogen) atoms. The third-order valence-corrected chi connectivity index (χ3v) is 2.69.